The zero-order valence-electron chi connectivity index (χ0n) is 21.6. The number of allylic oxidation sites excluding steroid dienone is 3. The standard InChI is InChI=1S/C30H46O4/c1-5-28(34)30(15-16-30)14-12-26(32)20(3)24-10-11-25-21(7-6-13-29(24,25)4)8-9-22-17-23(31)18-27(33)19(22)2/h8-9,20,23-27,31-33H,2,5-7,10-18H2,1,3-4H3/t20-,23+,24+,25-,26-,27-,29+/m0/s1. The van der Waals surface area contributed by atoms with Gasteiger partial charge in [0.15, 0.2) is 0 Å². The number of aliphatic hydroxyl groups is 3. The molecular formula is C30H46O4. The van der Waals surface area contributed by atoms with Crippen LogP contribution >= 0.6 is 0 Å². The van der Waals surface area contributed by atoms with E-state index in [1.54, 1.807) is 0 Å². The van der Waals surface area contributed by atoms with Gasteiger partial charge in [0, 0.05) is 18.3 Å². The zero-order chi connectivity index (χ0) is 24.7. The summed E-state index contributed by atoms with van der Waals surface area (Å²) < 4.78 is 0. The van der Waals surface area contributed by atoms with E-state index in [4.69, 9.17) is 0 Å². The van der Waals surface area contributed by atoms with E-state index in [2.05, 4.69) is 32.6 Å². The summed E-state index contributed by atoms with van der Waals surface area (Å²) in [4.78, 5) is 12.3. The summed E-state index contributed by atoms with van der Waals surface area (Å²) in [6.45, 7) is 10.7. The van der Waals surface area contributed by atoms with Crippen LogP contribution in [-0.4, -0.2) is 39.4 Å². The van der Waals surface area contributed by atoms with Crippen molar-refractivity contribution in [2.24, 2.45) is 28.6 Å². The van der Waals surface area contributed by atoms with Crippen molar-refractivity contribution in [3.8, 4) is 0 Å². The van der Waals surface area contributed by atoms with Crippen molar-refractivity contribution in [2.75, 3.05) is 0 Å². The number of carbonyl (C=O) groups is 1. The van der Waals surface area contributed by atoms with E-state index in [1.807, 2.05) is 6.92 Å². The molecule has 0 saturated heterocycles. The molecule has 4 heteroatoms. The van der Waals surface area contributed by atoms with E-state index in [0.29, 0.717) is 36.9 Å². The number of fused-ring (bicyclic) bond motifs is 1. The van der Waals surface area contributed by atoms with Crippen LogP contribution in [0.1, 0.15) is 97.8 Å². The first-order chi connectivity index (χ1) is 16.1. The predicted octanol–water partition coefficient (Wildman–Crippen LogP) is 5.66. The highest BCUT2D eigenvalue weighted by Crippen LogP contribution is 2.60. The molecule has 190 valence electrons. The highest BCUT2D eigenvalue weighted by atomic mass is 16.3. The lowest BCUT2D eigenvalue weighted by Crippen LogP contribution is -2.39. The Morgan fingerprint density at radius 1 is 1.21 bits per heavy atom. The zero-order valence-corrected chi connectivity index (χ0v) is 21.6. The molecule has 0 aromatic rings. The highest BCUT2D eigenvalue weighted by molar-refractivity contribution is 5.87. The Kier molecular flexibility index (Phi) is 7.62. The second kappa shape index (κ2) is 10.0. The van der Waals surface area contributed by atoms with Gasteiger partial charge in [0.1, 0.15) is 5.78 Å². The van der Waals surface area contributed by atoms with Crippen molar-refractivity contribution < 1.29 is 20.1 Å². The second-order valence-electron chi connectivity index (χ2n) is 12.2. The summed E-state index contributed by atoms with van der Waals surface area (Å²) in [7, 11) is 0. The second-order valence-corrected chi connectivity index (χ2v) is 12.2. The van der Waals surface area contributed by atoms with Crippen LogP contribution in [0.3, 0.4) is 0 Å². The maximum Gasteiger partial charge on any atom is 0.138 e. The van der Waals surface area contributed by atoms with Crippen molar-refractivity contribution in [2.45, 2.75) is 116 Å². The van der Waals surface area contributed by atoms with E-state index >= 15 is 0 Å². The smallest absolute Gasteiger partial charge is 0.138 e. The SMILES string of the molecule is C=C1C(=CC=C2CCC[C@]3(C)[C@@H]([C@H](C)[C@@H](O)CCC4(C(=O)CC)CC4)CC[C@@H]23)C[C@@H](O)C[C@@H]1O. The van der Waals surface area contributed by atoms with Gasteiger partial charge in [0.05, 0.1) is 18.3 Å². The Morgan fingerprint density at radius 3 is 2.62 bits per heavy atom. The fourth-order valence-electron chi connectivity index (χ4n) is 7.76. The number of Topliss-reactive ketones (excluding diaryl/α,β-unsaturated/α-hetero) is 1. The molecular weight excluding hydrogens is 424 g/mol. The van der Waals surface area contributed by atoms with Gasteiger partial charge in [-0.25, -0.2) is 0 Å². The van der Waals surface area contributed by atoms with Crippen LogP contribution in [-0.2, 0) is 4.79 Å². The van der Waals surface area contributed by atoms with Crippen molar-refractivity contribution >= 4 is 5.78 Å². The molecule has 4 rings (SSSR count). The van der Waals surface area contributed by atoms with Gasteiger partial charge in [-0.3, -0.25) is 4.79 Å². The largest absolute Gasteiger partial charge is 0.393 e. The van der Waals surface area contributed by atoms with Crippen molar-refractivity contribution in [3.63, 3.8) is 0 Å². The Labute approximate surface area is 206 Å². The molecule has 4 nitrogen and oxygen atoms in total. The minimum Gasteiger partial charge on any atom is -0.393 e. The molecule has 4 saturated carbocycles. The molecule has 3 N–H and O–H groups in total. The van der Waals surface area contributed by atoms with Crippen LogP contribution < -0.4 is 0 Å². The number of carbonyl (C=O) groups excluding carboxylic acids is 1. The fraction of sp³-hybridized carbons (Fsp3) is 0.767. The lowest BCUT2D eigenvalue weighted by molar-refractivity contribution is -0.124. The summed E-state index contributed by atoms with van der Waals surface area (Å²) in [6.07, 6.45) is 13.8. The minimum atomic E-state index is -0.648. The molecule has 4 aliphatic rings. The van der Waals surface area contributed by atoms with Crippen LogP contribution in [0.4, 0.5) is 0 Å². The van der Waals surface area contributed by atoms with Gasteiger partial charge in [-0.15, -0.1) is 0 Å². The summed E-state index contributed by atoms with van der Waals surface area (Å²) >= 11 is 0. The quantitative estimate of drug-likeness (QED) is 0.427. The number of rotatable bonds is 8. The Hall–Kier alpha value is -1.23. The molecule has 4 fully saturated rings. The predicted molar refractivity (Wildman–Crippen MR) is 136 cm³/mol. The van der Waals surface area contributed by atoms with Crippen LogP contribution in [0.15, 0.2) is 35.5 Å². The van der Waals surface area contributed by atoms with E-state index in [0.717, 1.165) is 56.1 Å². The van der Waals surface area contributed by atoms with E-state index in [1.165, 1.54) is 18.4 Å². The number of hydrogen-bond acceptors (Lipinski definition) is 4. The summed E-state index contributed by atoms with van der Waals surface area (Å²) in [5.74, 6) is 1.65. The Bertz CT molecular complexity index is 850. The highest BCUT2D eigenvalue weighted by Gasteiger charge is 2.52. The third-order valence-corrected chi connectivity index (χ3v) is 10.2. The van der Waals surface area contributed by atoms with Gasteiger partial charge in [-0.05, 0) is 98.5 Å². The summed E-state index contributed by atoms with van der Waals surface area (Å²) in [5.41, 5.74) is 3.29. The maximum atomic E-state index is 12.3. The molecule has 34 heavy (non-hydrogen) atoms. The first-order valence-corrected chi connectivity index (χ1v) is 13.8. The average Bonchev–Trinajstić information content (AvgIpc) is 3.52. The molecule has 0 amide bonds. The molecule has 0 spiro atoms. The first kappa shape index (κ1) is 25.9. The van der Waals surface area contributed by atoms with E-state index < -0.39 is 12.2 Å². The van der Waals surface area contributed by atoms with Crippen LogP contribution in [0, 0.1) is 28.6 Å². The van der Waals surface area contributed by atoms with Gasteiger partial charge in [-0.2, -0.15) is 0 Å². The molecule has 7 atom stereocenters. The van der Waals surface area contributed by atoms with Gasteiger partial charge in [0.25, 0.3) is 0 Å². The lowest BCUT2D eigenvalue weighted by Gasteiger charge is -2.45. The fourth-order valence-corrected chi connectivity index (χ4v) is 7.76. The molecule has 0 aromatic carbocycles. The van der Waals surface area contributed by atoms with Crippen LogP contribution in [0.25, 0.3) is 0 Å². The normalized spacial score (nSPS) is 39.2. The third kappa shape index (κ3) is 4.88. The minimum absolute atomic E-state index is 0.115. The van der Waals surface area contributed by atoms with Gasteiger partial charge >= 0.3 is 0 Å². The van der Waals surface area contributed by atoms with Gasteiger partial charge < -0.3 is 15.3 Å². The summed E-state index contributed by atoms with van der Waals surface area (Å²) in [5, 5.41) is 31.4. The number of aliphatic hydroxyl groups excluding tert-OH is 3. The van der Waals surface area contributed by atoms with Crippen molar-refractivity contribution in [1.29, 1.82) is 0 Å². The summed E-state index contributed by atoms with van der Waals surface area (Å²) in [6, 6.07) is 0. The van der Waals surface area contributed by atoms with E-state index in [-0.39, 0.29) is 22.9 Å². The maximum absolute atomic E-state index is 12.3. The van der Waals surface area contributed by atoms with Gasteiger partial charge in [0.2, 0.25) is 0 Å². The molecule has 0 aromatic heterocycles. The molecule has 0 bridgehead atoms. The molecule has 4 aliphatic carbocycles. The van der Waals surface area contributed by atoms with Crippen molar-refractivity contribution in [1.82, 2.24) is 0 Å². The first-order valence-electron chi connectivity index (χ1n) is 13.8. The molecule has 0 heterocycles. The Balaban J connectivity index is 1.43. The van der Waals surface area contributed by atoms with E-state index in [9.17, 15) is 20.1 Å². The third-order valence-electron chi connectivity index (χ3n) is 10.2. The lowest BCUT2D eigenvalue weighted by atomic mass is 9.60. The van der Waals surface area contributed by atoms with Crippen LogP contribution in [0.2, 0.25) is 0 Å². The molecule has 0 aliphatic heterocycles. The number of hydrogen-bond donors (Lipinski definition) is 3. The van der Waals surface area contributed by atoms with Crippen molar-refractivity contribution in [3.05, 3.63) is 35.5 Å². The average molecular weight is 471 g/mol. The monoisotopic (exact) mass is 470 g/mol. The van der Waals surface area contributed by atoms with Crippen LogP contribution in [0.5, 0.6) is 0 Å². The van der Waals surface area contributed by atoms with Gasteiger partial charge in [-0.1, -0.05) is 45.1 Å². The topological polar surface area (TPSA) is 77.8 Å². The number of ketones is 1. The molecule has 0 unspecified atom stereocenters. The molecule has 0 radical (unpaired) electrons. The Morgan fingerprint density at radius 2 is 1.94 bits per heavy atom.